The second kappa shape index (κ2) is 6.46. The first kappa shape index (κ1) is 16.5. The number of hydrogen-bond donors (Lipinski definition) is 0. The fraction of sp³-hybridized carbons (Fsp3) is 0.714. The van der Waals surface area contributed by atoms with Crippen molar-refractivity contribution in [3.8, 4) is 0 Å². The third-order valence-electron chi connectivity index (χ3n) is 3.62. The van der Waals surface area contributed by atoms with Gasteiger partial charge >= 0.3 is 0 Å². The average molecular weight is 318 g/mol. The first-order valence-corrected chi connectivity index (χ1v) is 8.72. The summed E-state index contributed by atoms with van der Waals surface area (Å²) in [4.78, 5) is 2.16. The van der Waals surface area contributed by atoms with E-state index in [1.807, 2.05) is 12.1 Å². The van der Waals surface area contributed by atoms with E-state index in [0.717, 1.165) is 5.76 Å². The quantitative estimate of drug-likeness (QED) is 0.801. The Labute approximate surface area is 125 Å². The minimum Gasteiger partial charge on any atom is -0.468 e. The topological polar surface area (TPSA) is 53.8 Å². The van der Waals surface area contributed by atoms with Crippen molar-refractivity contribution >= 4 is 10.0 Å². The van der Waals surface area contributed by atoms with Crippen LogP contribution >= 0.6 is 0 Å². The highest BCUT2D eigenvalue weighted by molar-refractivity contribution is 7.89. The summed E-state index contributed by atoms with van der Waals surface area (Å²) in [5.41, 5.74) is -0.829. The van der Waals surface area contributed by atoms with E-state index in [1.165, 1.54) is 4.31 Å². The number of sulfonamides is 1. The summed E-state index contributed by atoms with van der Waals surface area (Å²) in [5.74, 6) is 0.735. The minimum atomic E-state index is -3.40. The predicted octanol–water partition coefficient (Wildman–Crippen LogP) is 1.72. The van der Waals surface area contributed by atoms with E-state index in [1.54, 1.807) is 20.1 Å². The lowest BCUT2D eigenvalue weighted by Crippen LogP contribution is -2.50. The van der Waals surface area contributed by atoms with E-state index < -0.39 is 22.1 Å². The van der Waals surface area contributed by atoms with Crippen molar-refractivity contribution in [2.75, 3.05) is 38.6 Å². The van der Waals surface area contributed by atoms with Gasteiger partial charge in [0.2, 0.25) is 10.0 Å². The molecule has 1 aliphatic rings. The number of hydrogen-bond acceptors (Lipinski definition) is 4. The molecule has 1 saturated heterocycles. The second-order valence-corrected chi connectivity index (χ2v) is 8.28. The van der Waals surface area contributed by atoms with E-state index in [4.69, 9.17) is 4.42 Å². The molecule has 0 bridgehead atoms. The smallest absolute Gasteiger partial charge is 0.214 e. The maximum absolute atomic E-state index is 12.8. The highest BCUT2D eigenvalue weighted by Gasteiger charge is 2.33. The maximum atomic E-state index is 12.8. The highest BCUT2D eigenvalue weighted by Crippen LogP contribution is 2.21. The molecule has 0 atom stereocenters. The van der Waals surface area contributed by atoms with Crippen LogP contribution in [0, 0.1) is 5.41 Å². The Morgan fingerprint density at radius 3 is 2.48 bits per heavy atom. The van der Waals surface area contributed by atoms with E-state index in [-0.39, 0.29) is 5.75 Å². The zero-order valence-electron chi connectivity index (χ0n) is 12.6. The molecule has 0 spiro atoms. The van der Waals surface area contributed by atoms with E-state index >= 15 is 0 Å². The van der Waals surface area contributed by atoms with Crippen LogP contribution in [0.4, 0.5) is 4.39 Å². The monoisotopic (exact) mass is 318 g/mol. The Balaban J connectivity index is 1.88. The SMILES string of the molecule is CC(C)(CF)CS(=O)(=O)N1CCN(Cc2ccco2)CC1. The van der Waals surface area contributed by atoms with Crippen molar-refractivity contribution in [2.24, 2.45) is 5.41 Å². The van der Waals surface area contributed by atoms with Crippen LogP contribution < -0.4 is 0 Å². The second-order valence-electron chi connectivity index (χ2n) is 6.31. The van der Waals surface area contributed by atoms with Crippen molar-refractivity contribution in [3.63, 3.8) is 0 Å². The molecule has 7 heteroatoms. The summed E-state index contributed by atoms with van der Waals surface area (Å²) in [6.45, 7) is 5.56. The highest BCUT2D eigenvalue weighted by atomic mass is 32.2. The molecule has 0 N–H and O–H groups in total. The molecule has 0 amide bonds. The van der Waals surface area contributed by atoms with Crippen LogP contribution in [0.15, 0.2) is 22.8 Å². The summed E-state index contributed by atoms with van der Waals surface area (Å²) in [7, 11) is -3.40. The molecule has 1 fully saturated rings. The standard InChI is InChI=1S/C14H23FN2O3S/c1-14(2,11-15)12-21(18,19)17-7-5-16(6-8-17)10-13-4-3-9-20-13/h3-4,9H,5-8,10-12H2,1-2H3. The minimum absolute atomic E-state index is 0.144. The molecule has 1 aromatic rings. The van der Waals surface area contributed by atoms with Crippen molar-refractivity contribution < 1.29 is 17.2 Å². The van der Waals surface area contributed by atoms with Gasteiger partial charge in [-0.15, -0.1) is 0 Å². The molecular weight excluding hydrogens is 295 g/mol. The van der Waals surface area contributed by atoms with Crippen molar-refractivity contribution in [1.82, 2.24) is 9.21 Å². The fourth-order valence-electron chi connectivity index (χ4n) is 2.41. The van der Waals surface area contributed by atoms with Gasteiger partial charge in [0.1, 0.15) is 5.76 Å². The molecular formula is C14H23FN2O3S. The number of furan rings is 1. The lowest BCUT2D eigenvalue weighted by molar-refractivity contribution is 0.169. The number of alkyl halides is 1. The van der Waals surface area contributed by atoms with Gasteiger partial charge in [0.05, 0.1) is 25.2 Å². The van der Waals surface area contributed by atoms with Crippen molar-refractivity contribution in [1.29, 1.82) is 0 Å². The number of rotatable bonds is 6. The molecule has 0 aliphatic carbocycles. The van der Waals surface area contributed by atoms with Gasteiger partial charge in [-0.1, -0.05) is 13.8 Å². The molecule has 0 saturated carbocycles. The third kappa shape index (κ3) is 4.52. The zero-order valence-corrected chi connectivity index (χ0v) is 13.4. The molecule has 2 heterocycles. The Morgan fingerprint density at radius 2 is 1.95 bits per heavy atom. The van der Waals surface area contributed by atoms with Crippen LogP contribution in [0.1, 0.15) is 19.6 Å². The van der Waals surface area contributed by atoms with Crippen LogP contribution in [0.5, 0.6) is 0 Å². The van der Waals surface area contributed by atoms with E-state index in [9.17, 15) is 12.8 Å². The molecule has 0 unspecified atom stereocenters. The normalized spacial score (nSPS) is 19.0. The summed E-state index contributed by atoms with van der Waals surface area (Å²) in [5, 5.41) is 0. The van der Waals surface area contributed by atoms with Crippen LogP contribution in [-0.2, 0) is 16.6 Å². The Hall–Kier alpha value is -0.920. The summed E-state index contributed by atoms with van der Waals surface area (Å²) < 4.78 is 44.2. The van der Waals surface area contributed by atoms with Gasteiger partial charge < -0.3 is 4.42 Å². The number of piperazine rings is 1. The van der Waals surface area contributed by atoms with Crippen LogP contribution in [0.3, 0.4) is 0 Å². The van der Waals surface area contributed by atoms with Gasteiger partial charge in [-0.25, -0.2) is 8.42 Å². The van der Waals surface area contributed by atoms with E-state index in [2.05, 4.69) is 4.90 Å². The predicted molar refractivity (Wildman–Crippen MR) is 79.1 cm³/mol. The fourth-order valence-corrected chi connectivity index (χ4v) is 4.38. The first-order chi connectivity index (χ1) is 9.82. The molecule has 120 valence electrons. The number of nitrogens with zero attached hydrogens (tertiary/aromatic N) is 2. The lowest BCUT2D eigenvalue weighted by Gasteiger charge is -2.35. The van der Waals surface area contributed by atoms with Crippen LogP contribution in [-0.4, -0.2) is 56.2 Å². The van der Waals surface area contributed by atoms with Crippen LogP contribution in [0.2, 0.25) is 0 Å². The van der Waals surface area contributed by atoms with Gasteiger partial charge in [-0.2, -0.15) is 4.31 Å². The van der Waals surface area contributed by atoms with E-state index in [0.29, 0.717) is 32.7 Å². The van der Waals surface area contributed by atoms with Gasteiger partial charge in [-0.3, -0.25) is 9.29 Å². The Kier molecular flexibility index (Phi) is 5.06. The van der Waals surface area contributed by atoms with Gasteiger partial charge in [0.15, 0.2) is 0 Å². The Morgan fingerprint density at radius 1 is 1.29 bits per heavy atom. The lowest BCUT2D eigenvalue weighted by atomic mass is 9.99. The van der Waals surface area contributed by atoms with Gasteiger partial charge in [0.25, 0.3) is 0 Å². The average Bonchev–Trinajstić information content (AvgIpc) is 2.91. The maximum Gasteiger partial charge on any atom is 0.214 e. The van der Waals surface area contributed by atoms with Gasteiger partial charge in [0, 0.05) is 31.6 Å². The summed E-state index contributed by atoms with van der Waals surface area (Å²) >= 11 is 0. The molecule has 2 rings (SSSR count). The first-order valence-electron chi connectivity index (χ1n) is 7.11. The summed E-state index contributed by atoms with van der Waals surface area (Å²) in [6.07, 6.45) is 1.63. The van der Waals surface area contributed by atoms with Crippen molar-refractivity contribution in [3.05, 3.63) is 24.2 Å². The largest absolute Gasteiger partial charge is 0.468 e. The number of halogens is 1. The molecule has 1 aliphatic heterocycles. The van der Waals surface area contributed by atoms with Crippen molar-refractivity contribution in [2.45, 2.75) is 20.4 Å². The Bertz CT molecular complexity index is 535. The van der Waals surface area contributed by atoms with Crippen LogP contribution in [0.25, 0.3) is 0 Å². The summed E-state index contributed by atoms with van der Waals surface area (Å²) in [6, 6.07) is 3.75. The molecule has 1 aromatic heterocycles. The zero-order chi connectivity index (χ0) is 15.5. The molecule has 0 radical (unpaired) electrons. The third-order valence-corrected chi connectivity index (χ3v) is 5.92. The van der Waals surface area contributed by atoms with Gasteiger partial charge in [-0.05, 0) is 12.1 Å². The molecule has 5 nitrogen and oxygen atoms in total. The molecule has 21 heavy (non-hydrogen) atoms. The molecule has 0 aromatic carbocycles.